The number of fused-ring (bicyclic) bond motifs is 15. The van der Waals surface area contributed by atoms with Gasteiger partial charge in [-0.2, -0.15) is 0 Å². The Bertz CT molecular complexity index is 2420. The third-order valence-electron chi connectivity index (χ3n) is 10.8. The first-order chi connectivity index (χ1) is 24.1. The van der Waals surface area contributed by atoms with E-state index in [4.69, 9.17) is 0 Å². The maximum absolute atomic E-state index is 2.58. The average molecular weight is 719 g/mol. The molecule has 0 saturated heterocycles. The molecule has 0 N–H and O–H groups in total. The minimum absolute atomic E-state index is 1.20. The molecule has 4 aromatic heterocycles. The summed E-state index contributed by atoms with van der Waals surface area (Å²) in [6.45, 7) is 9.22. The Morgan fingerprint density at radius 3 is 1.18 bits per heavy atom. The van der Waals surface area contributed by atoms with Crippen molar-refractivity contribution in [3.8, 4) is 0 Å². The first-order valence-corrected chi connectivity index (χ1v) is 22.5. The highest BCUT2D eigenvalue weighted by atomic mass is 32.1. The lowest BCUT2D eigenvalue weighted by Crippen LogP contribution is -1.83. The molecule has 0 atom stereocenters. The van der Waals surface area contributed by atoms with Gasteiger partial charge in [-0.25, -0.2) is 0 Å². The molecule has 254 valence electrons. The highest BCUT2D eigenvalue weighted by Gasteiger charge is 2.21. The molecular formula is C45H50S4. The van der Waals surface area contributed by atoms with Crippen LogP contribution in [0.3, 0.4) is 0 Å². The number of rotatable bonds is 15. The number of benzene rings is 4. The van der Waals surface area contributed by atoms with Crippen LogP contribution >= 0.6 is 45.3 Å². The maximum atomic E-state index is 2.58. The van der Waals surface area contributed by atoms with E-state index in [1.54, 1.807) is 14.6 Å². The van der Waals surface area contributed by atoms with E-state index in [0.29, 0.717) is 0 Å². The van der Waals surface area contributed by atoms with E-state index in [2.05, 4.69) is 110 Å². The molecule has 0 bridgehead atoms. The summed E-state index contributed by atoms with van der Waals surface area (Å²) in [5.74, 6) is 0. The van der Waals surface area contributed by atoms with E-state index in [9.17, 15) is 0 Å². The van der Waals surface area contributed by atoms with Crippen molar-refractivity contribution < 1.29 is 0 Å². The van der Waals surface area contributed by atoms with Gasteiger partial charge in [-0.15, -0.1) is 45.3 Å². The second-order valence-electron chi connectivity index (χ2n) is 14.5. The minimum atomic E-state index is 1.20. The molecule has 0 aliphatic heterocycles. The Kier molecular flexibility index (Phi) is 10.0. The molecule has 0 unspecified atom stereocenters. The van der Waals surface area contributed by atoms with Gasteiger partial charge in [-0.1, -0.05) is 103 Å². The van der Waals surface area contributed by atoms with Crippen molar-refractivity contribution in [3.63, 3.8) is 0 Å². The summed E-state index contributed by atoms with van der Waals surface area (Å²) in [5.41, 5.74) is 0. The van der Waals surface area contributed by atoms with Gasteiger partial charge in [0.2, 0.25) is 0 Å². The predicted molar refractivity (Wildman–Crippen MR) is 229 cm³/mol. The number of aryl methyl sites for hydroxylation is 4. The number of hydrogen-bond acceptors (Lipinski definition) is 4. The van der Waals surface area contributed by atoms with E-state index in [-0.39, 0.29) is 0 Å². The van der Waals surface area contributed by atoms with Crippen LogP contribution in [0.4, 0.5) is 0 Å². The lowest BCUT2D eigenvalue weighted by atomic mass is 9.94. The van der Waals surface area contributed by atoms with E-state index in [1.807, 2.05) is 11.3 Å². The van der Waals surface area contributed by atoms with Gasteiger partial charge >= 0.3 is 0 Å². The summed E-state index contributed by atoms with van der Waals surface area (Å²) >= 11 is 8.22. The molecule has 0 spiro atoms. The van der Waals surface area contributed by atoms with Gasteiger partial charge in [-0.3, -0.25) is 0 Å². The Balaban J connectivity index is 1.37. The molecule has 8 rings (SSSR count). The standard InChI is InChI=1S/C45H50S4/c1-5-8-11-14-17-29-25-37-39-27-31(19-16-13-10-7-3)49-45(39)41-33-20-22-34-40(32(33)21-23-35(41)43(37)47-29)44-38(36-24-28(4)46-42(34)36)26-30(48-44)18-15-12-9-6-2/h20-27H,5-19H2,1-4H3. The van der Waals surface area contributed by atoms with Crippen LogP contribution in [0.5, 0.6) is 0 Å². The summed E-state index contributed by atoms with van der Waals surface area (Å²) in [6.07, 6.45) is 19.4. The zero-order valence-corrected chi connectivity index (χ0v) is 33.1. The molecule has 0 amide bonds. The molecule has 8 aromatic rings. The van der Waals surface area contributed by atoms with Crippen LogP contribution in [-0.4, -0.2) is 0 Å². The highest BCUT2D eigenvalue weighted by Crippen LogP contribution is 2.50. The average Bonchev–Trinajstić information content (AvgIpc) is 3.91. The van der Waals surface area contributed by atoms with Gasteiger partial charge in [0.1, 0.15) is 0 Å². The van der Waals surface area contributed by atoms with Crippen molar-refractivity contribution in [2.45, 2.75) is 124 Å². The molecule has 0 aliphatic carbocycles. The smallest absolute Gasteiger partial charge is 0.0437 e. The van der Waals surface area contributed by atoms with E-state index in [1.165, 1.54) is 174 Å². The fraction of sp³-hybridized carbons (Fsp3) is 0.422. The second-order valence-corrected chi connectivity index (χ2v) is 19.1. The molecule has 0 fully saturated rings. The Morgan fingerprint density at radius 1 is 0.367 bits per heavy atom. The van der Waals surface area contributed by atoms with E-state index >= 15 is 0 Å². The van der Waals surface area contributed by atoms with Crippen LogP contribution in [0.15, 0.2) is 48.5 Å². The fourth-order valence-electron chi connectivity index (χ4n) is 8.23. The molecular weight excluding hydrogens is 669 g/mol. The largest absolute Gasteiger partial charge is 0.140 e. The SMILES string of the molecule is CCCCCCc1cc2c3cc(CCCCCC)sc3c3c4ccc5c6sc(C)cc6c6cc(CCCCCC)sc6c5c4ccc3c2s1. The van der Waals surface area contributed by atoms with Gasteiger partial charge < -0.3 is 0 Å². The van der Waals surface area contributed by atoms with Crippen molar-refractivity contribution in [2.24, 2.45) is 0 Å². The summed E-state index contributed by atoms with van der Waals surface area (Å²) in [7, 11) is 0. The molecule has 0 saturated carbocycles. The van der Waals surface area contributed by atoms with Gasteiger partial charge in [0.15, 0.2) is 0 Å². The van der Waals surface area contributed by atoms with Crippen molar-refractivity contribution in [3.05, 3.63) is 68.0 Å². The van der Waals surface area contributed by atoms with Crippen molar-refractivity contribution in [1.29, 1.82) is 0 Å². The Labute approximate surface area is 308 Å². The van der Waals surface area contributed by atoms with Gasteiger partial charge in [0.05, 0.1) is 0 Å². The van der Waals surface area contributed by atoms with Crippen LogP contribution in [0.1, 0.15) is 117 Å². The number of thiophene rings is 4. The minimum Gasteiger partial charge on any atom is -0.140 e. The highest BCUT2D eigenvalue weighted by molar-refractivity contribution is 7.23. The molecule has 4 heterocycles. The zero-order chi connectivity index (χ0) is 33.5. The summed E-state index contributed by atoms with van der Waals surface area (Å²) < 4.78 is 5.99. The normalized spacial score (nSPS) is 12.5. The Morgan fingerprint density at radius 2 is 0.735 bits per heavy atom. The van der Waals surface area contributed by atoms with E-state index < -0.39 is 0 Å². The molecule has 49 heavy (non-hydrogen) atoms. The third-order valence-corrected chi connectivity index (χ3v) is 15.5. The summed E-state index contributed by atoms with van der Waals surface area (Å²) in [5, 5.41) is 14.7. The molecule has 0 aliphatic rings. The molecule has 4 heteroatoms. The van der Waals surface area contributed by atoms with Crippen molar-refractivity contribution >= 4 is 118 Å². The van der Waals surface area contributed by atoms with Crippen LogP contribution in [0.25, 0.3) is 72.7 Å². The van der Waals surface area contributed by atoms with Gasteiger partial charge in [0, 0.05) is 81.4 Å². The fourth-order valence-corrected chi connectivity index (χ4v) is 13.1. The number of hydrogen-bond donors (Lipinski definition) is 0. The zero-order valence-electron chi connectivity index (χ0n) is 29.9. The quantitative estimate of drug-likeness (QED) is 0.0731. The lowest BCUT2D eigenvalue weighted by Gasteiger charge is -2.12. The van der Waals surface area contributed by atoms with E-state index in [0.717, 1.165) is 0 Å². The first kappa shape index (κ1) is 33.6. The Hall–Kier alpha value is -2.50. The monoisotopic (exact) mass is 718 g/mol. The predicted octanol–water partition coefficient (Wildman–Crippen LogP) is 16.7. The van der Waals surface area contributed by atoms with Crippen LogP contribution in [0.2, 0.25) is 0 Å². The van der Waals surface area contributed by atoms with Gasteiger partial charge in [0.25, 0.3) is 0 Å². The second kappa shape index (κ2) is 14.6. The summed E-state index contributed by atoms with van der Waals surface area (Å²) in [6, 6.07) is 20.1. The third kappa shape index (κ3) is 6.24. The topological polar surface area (TPSA) is 0 Å². The molecule has 4 aromatic carbocycles. The van der Waals surface area contributed by atoms with Crippen molar-refractivity contribution in [2.75, 3.05) is 0 Å². The lowest BCUT2D eigenvalue weighted by molar-refractivity contribution is 0.670. The van der Waals surface area contributed by atoms with Gasteiger partial charge in [-0.05, 0) is 80.5 Å². The van der Waals surface area contributed by atoms with Crippen molar-refractivity contribution in [1.82, 2.24) is 0 Å². The number of unbranched alkanes of at least 4 members (excludes halogenated alkanes) is 9. The maximum Gasteiger partial charge on any atom is 0.0437 e. The van der Waals surface area contributed by atoms with Crippen LogP contribution in [0, 0.1) is 6.92 Å². The van der Waals surface area contributed by atoms with Crippen LogP contribution in [-0.2, 0) is 19.3 Å². The van der Waals surface area contributed by atoms with Crippen LogP contribution < -0.4 is 0 Å². The first-order valence-electron chi connectivity index (χ1n) is 19.2. The molecule has 0 radical (unpaired) electrons. The molecule has 0 nitrogen and oxygen atoms in total. The summed E-state index contributed by atoms with van der Waals surface area (Å²) in [4.78, 5) is 6.10.